The molecule has 0 aliphatic carbocycles. The van der Waals surface area contributed by atoms with Crippen LogP contribution in [0, 0.1) is 10.1 Å². The molecule has 8 heteroatoms. The summed E-state index contributed by atoms with van der Waals surface area (Å²) >= 11 is 5.42. The maximum Gasteiger partial charge on any atom is 0.292 e. The van der Waals surface area contributed by atoms with Gasteiger partial charge in [-0.2, -0.15) is 0 Å². The van der Waals surface area contributed by atoms with Crippen LogP contribution in [-0.2, 0) is 4.79 Å². The predicted molar refractivity (Wildman–Crippen MR) is 142 cm³/mol. The highest BCUT2D eigenvalue weighted by atomic mass is 32.1. The molecule has 0 radical (unpaired) electrons. The van der Waals surface area contributed by atoms with Gasteiger partial charge in [-0.3, -0.25) is 14.9 Å². The van der Waals surface area contributed by atoms with Crippen molar-refractivity contribution < 1.29 is 9.72 Å². The van der Waals surface area contributed by atoms with Crippen molar-refractivity contribution in [2.75, 3.05) is 10.6 Å². The highest BCUT2D eigenvalue weighted by Gasteiger charge is 2.23. The third kappa shape index (κ3) is 5.87. The molecule has 4 aromatic carbocycles. The molecule has 0 fully saturated rings. The van der Waals surface area contributed by atoms with Gasteiger partial charge < -0.3 is 16.0 Å². The number of nitrogens with zero attached hydrogens (tertiary/aromatic N) is 1. The Hall–Kier alpha value is -4.56. The SMILES string of the molecule is O=C(Nc1ccccc1-c1ccccc1)C(NC(=S)Nc1ccccc1[N+](=O)[O-])c1ccccc1. The van der Waals surface area contributed by atoms with Gasteiger partial charge in [-0.25, -0.2) is 0 Å². The van der Waals surface area contributed by atoms with Crippen molar-refractivity contribution in [3.63, 3.8) is 0 Å². The van der Waals surface area contributed by atoms with Gasteiger partial charge in [0.25, 0.3) is 11.6 Å². The number of nitro benzene ring substituents is 1. The Bertz CT molecular complexity index is 1350. The van der Waals surface area contributed by atoms with Gasteiger partial charge in [0.15, 0.2) is 5.11 Å². The maximum atomic E-state index is 13.5. The van der Waals surface area contributed by atoms with E-state index in [9.17, 15) is 14.9 Å². The van der Waals surface area contributed by atoms with Crippen LogP contribution >= 0.6 is 12.2 Å². The van der Waals surface area contributed by atoms with Crippen LogP contribution in [0.4, 0.5) is 17.1 Å². The van der Waals surface area contributed by atoms with E-state index in [0.717, 1.165) is 11.1 Å². The second-order valence-corrected chi connectivity index (χ2v) is 8.03. The van der Waals surface area contributed by atoms with E-state index in [1.54, 1.807) is 18.2 Å². The van der Waals surface area contributed by atoms with E-state index in [2.05, 4.69) is 16.0 Å². The third-order valence-corrected chi connectivity index (χ3v) is 5.51. The van der Waals surface area contributed by atoms with E-state index >= 15 is 0 Å². The minimum Gasteiger partial charge on any atom is -0.347 e. The fourth-order valence-corrected chi connectivity index (χ4v) is 3.87. The summed E-state index contributed by atoms with van der Waals surface area (Å²) in [6.45, 7) is 0. The lowest BCUT2D eigenvalue weighted by molar-refractivity contribution is -0.383. The van der Waals surface area contributed by atoms with Crippen LogP contribution in [0.2, 0.25) is 0 Å². The molecule has 0 saturated carbocycles. The molecule has 3 N–H and O–H groups in total. The highest BCUT2D eigenvalue weighted by Crippen LogP contribution is 2.29. The first kappa shape index (κ1) is 23.6. The van der Waals surface area contributed by atoms with Gasteiger partial charge in [-0.1, -0.05) is 91.0 Å². The molecule has 0 heterocycles. The number of rotatable bonds is 7. The van der Waals surface area contributed by atoms with Crippen LogP contribution in [0.15, 0.2) is 109 Å². The Morgan fingerprint density at radius 3 is 2.00 bits per heavy atom. The lowest BCUT2D eigenvalue weighted by atomic mass is 10.0. The largest absolute Gasteiger partial charge is 0.347 e. The van der Waals surface area contributed by atoms with E-state index in [0.29, 0.717) is 11.3 Å². The standard InChI is InChI=1S/C27H22N4O3S/c32-26(28-22-16-8-7-15-21(22)19-11-3-1-4-12-19)25(20-13-5-2-6-14-20)30-27(35)29-23-17-9-10-18-24(23)31(33)34/h1-18,25H,(H,28,32)(H2,29,30,35). The quantitative estimate of drug-likeness (QED) is 0.172. The van der Waals surface area contributed by atoms with Crippen LogP contribution in [0.1, 0.15) is 11.6 Å². The number of carbonyl (C=O) groups is 1. The number of anilines is 2. The Labute approximate surface area is 208 Å². The molecule has 174 valence electrons. The van der Waals surface area contributed by atoms with Gasteiger partial charge in [0.1, 0.15) is 11.7 Å². The van der Waals surface area contributed by atoms with E-state index < -0.39 is 11.0 Å². The fourth-order valence-electron chi connectivity index (χ4n) is 3.64. The van der Waals surface area contributed by atoms with Crippen LogP contribution in [0.25, 0.3) is 11.1 Å². The molecule has 0 aliphatic heterocycles. The summed E-state index contributed by atoms with van der Waals surface area (Å²) < 4.78 is 0. The molecular weight excluding hydrogens is 460 g/mol. The topological polar surface area (TPSA) is 96.3 Å². The molecule has 4 aromatic rings. The minimum absolute atomic E-state index is 0.0830. The van der Waals surface area contributed by atoms with E-state index in [4.69, 9.17) is 12.2 Å². The van der Waals surface area contributed by atoms with Gasteiger partial charge in [0.05, 0.1) is 4.92 Å². The molecule has 1 atom stereocenters. The smallest absolute Gasteiger partial charge is 0.292 e. The number of hydrogen-bond donors (Lipinski definition) is 3. The number of amides is 1. The summed E-state index contributed by atoms with van der Waals surface area (Å²) in [7, 11) is 0. The van der Waals surface area contributed by atoms with Crippen molar-refractivity contribution in [2.45, 2.75) is 6.04 Å². The van der Waals surface area contributed by atoms with E-state index in [-0.39, 0.29) is 22.4 Å². The molecule has 4 rings (SSSR count). The zero-order valence-electron chi connectivity index (χ0n) is 18.5. The molecule has 0 aliphatic rings. The molecular formula is C27H22N4O3S. The normalized spacial score (nSPS) is 11.2. The molecule has 35 heavy (non-hydrogen) atoms. The minimum atomic E-state index is -0.845. The third-order valence-electron chi connectivity index (χ3n) is 5.29. The van der Waals surface area contributed by atoms with Crippen LogP contribution < -0.4 is 16.0 Å². The summed E-state index contributed by atoms with van der Waals surface area (Å²) in [5, 5.41) is 20.3. The summed E-state index contributed by atoms with van der Waals surface area (Å²) in [4.78, 5) is 24.3. The number of nitro groups is 1. The first-order chi connectivity index (χ1) is 17.0. The van der Waals surface area contributed by atoms with Crippen LogP contribution in [-0.4, -0.2) is 15.9 Å². The number of para-hydroxylation sites is 3. The van der Waals surface area contributed by atoms with Gasteiger partial charge in [0.2, 0.25) is 0 Å². The number of thiocarbonyl (C=S) groups is 1. The second kappa shape index (κ2) is 11.0. The summed E-state index contributed by atoms with van der Waals surface area (Å²) in [5.41, 5.74) is 3.32. The first-order valence-corrected chi connectivity index (χ1v) is 11.2. The van der Waals surface area contributed by atoms with Crippen molar-refractivity contribution in [1.82, 2.24) is 5.32 Å². The number of benzene rings is 4. The van der Waals surface area contributed by atoms with Gasteiger partial charge in [-0.05, 0) is 35.5 Å². The molecule has 7 nitrogen and oxygen atoms in total. The zero-order valence-corrected chi connectivity index (χ0v) is 19.4. The Morgan fingerprint density at radius 2 is 1.31 bits per heavy atom. The Kier molecular flexibility index (Phi) is 7.44. The van der Waals surface area contributed by atoms with Crippen molar-refractivity contribution in [3.8, 4) is 11.1 Å². The number of nitrogens with one attached hydrogen (secondary N) is 3. The van der Waals surface area contributed by atoms with Crippen molar-refractivity contribution >= 4 is 40.3 Å². The first-order valence-electron chi connectivity index (χ1n) is 10.8. The van der Waals surface area contributed by atoms with E-state index in [1.807, 2.05) is 84.9 Å². The second-order valence-electron chi connectivity index (χ2n) is 7.62. The fraction of sp³-hybridized carbons (Fsp3) is 0.0370. The summed E-state index contributed by atoms with van der Waals surface area (Å²) in [5.74, 6) is -0.328. The number of hydrogen-bond acceptors (Lipinski definition) is 4. The highest BCUT2D eigenvalue weighted by molar-refractivity contribution is 7.80. The van der Waals surface area contributed by atoms with Gasteiger partial charge in [0, 0.05) is 17.3 Å². The van der Waals surface area contributed by atoms with Gasteiger partial charge in [-0.15, -0.1) is 0 Å². The molecule has 0 bridgehead atoms. The Morgan fingerprint density at radius 1 is 0.743 bits per heavy atom. The molecule has 1 unspecified atom stereocenters. The van der Waals surface area contributed by atoms with Crippen LogP contribution in [0.3, 0.4) is 0 Å². The lowest BCUT2D eigenvalue weighted by Gasteiger charge is -2.22. The van der Waals surface area contributed by atoms with Crippen molar-refractivity contribution in [3.05, 3.63) is 125 Å². The maximum absolute atomic E-state index is 13.5. The predicted octanol–water partition coefficient (Wildman–Crippen LogP) is 5.93. The van der Waals surface area contributed by atoms with Crippen molar-refractivity contribution in [2.24, 2.45) is 0 Å². The monoisotopic (exact) mass is 482 g/mol. The molecule has 0 aromatic heterocycles. The molecule has 1 amide bonds. The zero-order chi connectivity index (χ0) is 24.6. The number of carbonyl (C=O) groups excluding carboxylic acids is 1. The summed E-state index contributed by atoms with van der Waals surface area (Å²) in [6.07, 6.45) is 0. The van der Waals surface area contributed by atoms with E-state index in [1.165, 1.54) is 6.07 Å². The van der Waals surface area contributed by atoms with Gasteiger partial charge >= 0.3 is 0 Å². The average Bonchev–Trinajstić information content (AvgIpc) is 2.89. The Balaban J connectivity index is 1.59. The lowest BCUT2D eigenvalue weighted by Crippen LogP contribution is -2.39. The average molecular weight is 483 g/mol. The molecule has 0 saturated heterocycles. The van der Waals surface area contributed by atoms with Crippen molar-refractivity contribution in [1.29, 1.82) is 0 Å². The molecule has 0 spiro atoms. The van der Waals surface area contributed by atoms with Crippen LogP contribution in [0.5, 0.6) is 0 Å². The summed E-state index contributed by atoms with van der Waals surface area (Å²) in [6, 6.07) is 31.8.